The minimum absolute atomic E-state index is 0.825. The zero-order valence-corrected chi connectivity index (χ0v) is 32.2. The highest BCUT2D eigenvalue weighted by atomic mass is 15.1. The minimum atomic E-state index is 0.825. The summed E-state index contributed by atoms with van der Waals surface area (Å²) in [4.78, 5) is 2.14. The fraction of sp³-hybridized carbons (Fsp3) is 0.0741. The molecule has 1 aliphatic carbocycles. The van der Waals surface area contributed by atoms with Gasteiger partial charge in [-0.15, -0.1) is 0 Å². The number of hydrogen-bond acceptors (Lipinski definition) is 1. The molecule has 0 saturated heterocycles. The van der Waals surface area contributed by atoms with Crippen LogP contribution in [0.15, 0.2) is 219 Å². The maximum absolute atomic E-state index is 4.56. The summed E-state index contributed by atoms with van der Waals surface area (Å²) in [6.07, 6.45) is 30.8. The molecule has 1 aliphatic rings. The van der Waals surface area contributed by atoms with Crippen molar-refractivity contribution in [3.63, 3.8) is 0 Å². The number of benzene rings is 5. The van der Waals surface area contributed by atoms with Crippen LogP contribution in [0.5, 0.6) is 0 Å². The predicted molar refractivity (Wildman–Crippen MR) is 242 cm³/mol. The van der Waals surface area contributed by atoms with Gasteiger partial charge in [-0.3, -0.25) is 0 Å². The molecule has 0 atom stereocenters. The van der Waals surface area contributed by atoms with E-state index in [1.54, 1.807) is 0 Å². The maximum Gasteiger partial charge on any atom is 0.0461 e. The number of aryl methyl sites for hydroxylation is 1. The standard InChI is InChI=1S/C54H49N/c1-6-22-51-41(4)23-19-34-52(51)48-30-21-29-47(40-48)44(7-2)37-35-42(5)55(50-31-17-12-18-32-50)49(8-3)33-20-24-43-36-38-53(45-25-15-11-16-26-45)54(39-43)46-27-13-9-10-14-28-46/h6-13,15-40H,3,5,14H2,1-2,4H3/b22-6-,24-20+,37-35-,44-7+,49-33+. The lowest BCUT2D eigenvalue weighted by molar-refractivity contribution is 1.15. The van der Waals surface area contributed by atoms with Gasteiger partial charge in [0.2, 0.25) is 0 Å². The Labute approximate surface area is 328 Å². The molecule has 0 unspecified atom stereocenters. The molecule has 0 N–H and O–H groups in total. The molecule has 55 heavy (non-hydrogen) atoms. The van der Waals surface area contributed by atoms with Crippen LogP contribution in [-0.2, 0) is 0 Å². The van der Waals surface area contributed by atoms with E-state index in [4.69, 9.17) is 0 Å². The molecule has 0 amide bonds. The lowest BCUT2D eigenvalue weighted by Gasteiger charge is -2.26. The molecule has 0 aliphatic heterocycles. The summed E-state index contributed by atoms with van der Waals surface area (Å²) in [5.74, 6) is 0. The van der Waals surface area contributed by atoms with Crippen LogP contribution in [0.3, 0.4) is 0 Å². The molecular formula is C54H49N. The van der Waals surface area contributed by atoms with Crippen LogP contribution in [-0.4, -0.2) is 0 Å². The van der Waals surface area contributed by atoms with E-state index in [1.165, 1.54) is 44.5 Å². The Balaban J connectivity index is 1.30. The van der Waals surface area contributed by atoms with Crippen molar-refractivity contribution in [2.75, 3.05) is 4.90 Å². The van der Waals surface area contributed by atoms with Crippen molar-refractivity contribution in [3.8, 4) is 22.3 Å². The van der Waals surface area contributed by atoms with Crippen molar-refractivity contribution in [1.29, 1.82) is 0 Å². The van der Waals surface area contributed by atoms with E-state index in [2.05, 4.69) is 221 Å². The smallest absolute Gasteiger partial charge is 0.0461 e. The molecule has 5 aromatic rings. The van der Waals surface area contributed by atoms with Gasteiger partial charge in [-0.25, -0.2) is 0 Å². The van der Waals surface area contributed by atoms with E-state index in [9.17, 15) is 0 Å². The van der Waals surface area contributed by atoms with E-state index in [0.29, 0.717) is 0 Å². The lowest BCUT2D eigenvalue weighted by Crippen LogP contribution is -2.19. The summed E-state index contributed by atoms with van der Waals surface area (Å²) in [6.45, 7) is 15.1. The number of rotatable bonds is 13. The van der Waals surface area contributed by atoms with Gasteiger partial charge < -0.3 is 4.90 Å². The van der Waals surface area contributed by atoms with Gasteiger partial charge in [-0.2, -0.15) is 0 Å². The second-order valence-electron chi connectivity index (χ2n) is 13.4. The van der Waals surface area contributed by atoms with Crippen molar-refractivity contribution >= 4 is 29.0 Å². The molecule has 0 saturated carbocycles. The molecule has 0 bridgehead atoms. The topological polar surface area (TPSA) is 3.24 Å². The van der Waals surface area contributed by atoms with E-state index in [-0.39, 0.29) is 0 Å². The summed E-state index contributed by atoms with van der Waals surface area (Å²) in [7, 11) is 0. The van der Waals surface area contributed by atoms with Gasteiger partial charge in [0.05, 0.1) is 0 Å². The largest absolute Gasteiger partial charge is 0.311 e. The molecule has 6 rings (SSSR count). The van der Waals surface area contributed by atoms with E-state index in [0.717, 1.165) is 40.2 Å². The van der Waals surface area contributed by atoms with Crippen LogP contribution in [0.25, 0.3) is 45.6 Å². The Kier molecular flexibility index (Phi) is 13.1. The fourth-order valence-corrected chi connectivity index (χ4v) is 6.91. The third-order valence-corrected chi connectivity index (χ3v) is 9.69. The molecular weight excluding hydrogens is 663 g/mol. The summed E-state index contributed by atoms with van der Waals surface area (Å²) >= 11 is 0. The Bertz CT molecular complexity index is 2390. The van der Waals surface area contributed by atoms with E-state index < -0.39 is 0 Å². The number of hydrogen-bond donors (Lipinski definition) is 0. The number of allylic oxidation sites excluding steroid dienone is 14. The van der Waals surface area contributed by atoms with Gasteiger partial charge in [0.25, 0.3) is 0 Å². The van der Waals surface area contributed by atoms with Crippen molar-refractivity contribution in [2.45, 2.75) is 27.2 Å². The third kappa shape index (κ3) is 9.46. The van der Waals surface area contributed by atoms with Crippen molar-refractivity contribution in [2.24, 2.45) is 0 Å². The predicted octanol–water partition coefficient (Wildman–Crippen LogP) is 15.0. The van der Waals surface area contributed by atoms with Gasteiger partial charge in [-0.05, 0) is 131 Å². The second kappa shape index (κ2) is 18.9. The van der Waals surface area contributed by atoms with Crippen LogP contribution in [0, 0.1) is 6.92 Å². The lowest BCUT2D eigenvalue weighted by atomic mass is 9.92. The number of anilines is 1. The summed E-state index contributed by atoms with van der Waals surface area (Å²) in [6, 6.07) is 42.9. The second-order valence-corrected chi connectivity index (χ2v) is 13.4. The van der Waals surface area contributed by atoms with Crippen molar-refractivity contribution < 1.29 is 0 Å². The highest BCUT2D eigenvalue weighted by Crippen LogP contribution is 2.33. The van der Waals surface area contributed by atoms with E-state index >= 15 is 0 Å². The first kappa shape index (κ1) is 38.0. The van der Waals surface area contributed by atoms with Gasteiger partial charge in [0.1, 0.15) is 0 Å². The molecule has 0 radical (unpaired) electrons. The molecule has 0 aromatic heterocycles. The number of nitrogens with zero attached hydrogens (tertiary/aromatic N) is 1. The third-order valence-electron chi connectivity index (χ3n) is 9.69. The zero-order valence-electron chi connectivity index (χ0n) is 32.2. The van der Waals surface area contributed by atoms with Crippen LogP contribution in [0.4, 0.5) is 5.69 Å². The fourth-order valence-electron chi connectivity index (χ4n) is 6.91. The summed E-state index contributed by atoms with van der Waals surface area (Å²) < 4.78 is 0. The molecule has 0 heterocycles. The van der Waals surface area contributed by atoms with Gasteiger partial charge in [0, 0.05) is 17.1 Å². The molecule has 0 fully saturated rings. The number of para-hydroxylation sites is 1. The zero-order chi connectivity index (χ0) is 38.4. The molecule has 270 valence electrons. The quantitative estimate of drug-likeness (QED) is 0.110. The Morgan fingerprint density at radius 3 is 2.24 bits per heavy atom. The average Bonchev–Trinajstić information content (AvgIpc) is 3.52. The monoisotopic (exact) mass is 711 g/mol. The van der Waals surface area contributed by atoms with E-state index in [1.807, 2.05) is 24.3 Å². The summed E-state index contributed by atoms with van der Waals surface area (Å²) in [5.41, 5.74) is 15.9. The molecule has 1 nitrogen and oxygen atoms in total. The van der Waals surface area contributed by atoms with Gasteiger partial charge in [-0.1, -0.05) is 177 Å². The highest BCUT2D eigenvalue weighted by Gasteiger charge is 2.13. The normalized spacial score (nSPS) is 13.4. The highest BCUT2D eigenvalue weighted by molar-refractivity contribution is 5.87. The molecule has 5 aromatic carbocycles. The van der Waals surface area contributed by atoms with Crippen molar-refractivity contribution in [1.82, 2.24) is 0 Å². The summed E-state index contributed by atoms with van der Waals surface area (Å²) in [5, 5.41) is 0. The first-order valence-electron chi connectivity index (χ1n) is 19.0. The first-order chi connectivity index (χ1) is 27.0. The molecule has 0 spiro atoms. The average molecular weight is 712 g/mol. The van der Waals surface area contributed by atoms with Crippen LogP contribution in [0.1, 0.15) is 48.1 Å². The van der Waals surface area contributed by atoms with Crippen LogP contribution in [0.2, 0.25) is 0 Å². The van der Waals surface area contributed by atoms with Crippen molar-refractivity contribution in [3.05, 3.63) is 247 Å². The Morgan fingerprint density at radius 1 is 0.709 bits per heavy atom. The van der Waals surface area contributed by atoms with Gasteiger partial charge >= 0.3 is 0 Å². The van der Waals surface area contributed by atoms with Crippen LogP contribution < -0.4 is 4.90 Å². The minimum Gasteiger partial charge on any atom is -0.311 e. The SMILES string of the molecule is C=C/C(=C\C=C\c1ccc(-c2ccccc2)c(C2=CCC=CC=C2)c1)N(C(=C)/C=C\C(=C/C)c1cccc(-c2cccc(C)c2/C=C\C)c1)c1ccccc1. The Hall–Kier alpha value is -6.70. The maximum atomic E-state index is 4.56. The molecule has 1 heteroatoms. The first-order valence-corrected chi connectivity index (χ1v) is 19.0. The van der Waals surface area contributed by atoms with Crippen LogP contribution >= 0.6 is 0 Å². The van der Waals surface area contributed by atoms with Gasteiger partial charge in [0.15, 0.2) is 0 Å². The Morgan fingerprint density at radius 2 is 1.47 bits per heavy atom.